The maximum absolute atomic E-state index is 12.1. The van der Waals surface area contributed by atoms with Crippen molar-refractivity contribution in [1.29, 1.82) is 0 Å². The number of nitrogens with one attached hydrogen (secondary N) is 1. The molecule has 10 heteroatoms. The summed E-state index contributed by atoms with van der Waals surface area (Å²) in [5, 5.41) is 26.7. The third-order valence-electron chi connectivity index (χ3n) is 4.02. The van der Waals surface area contributed by atoms with Gasteiger partial charge in [-0.2, -0.15) is 0 Å². The number of carboxylic acids is 2. The number of hydrogen-bond acceptors (Lipinski definition) is 7. The fraction of sp³-hybridized carbons (Fsp3) is 0.167. The van der Waals surface area contributed by atoms with Gasteiger partial charge in [-0.15, -0.1) is 10.2 Å². The van der Waals surface area contributed by atoms with Gasteiger partial charge in [0.05, 0.1) is 0 Å². The van der Waals surface area contributed by atoms with Crippen LogP contribution in [-0.2, 0) is 6.42 Å². The molecule has 0 aliphatic heterocycles. The van der Waals surface area contributed by atoms with Crippen LogP contribution in [0.25, 0.3) is 22.6 Å². The monoisotopic (exact) mass is 384 g/mol. The van der Waals surface area contributed by atoms with Crippen molar-refractivity contribution in [2.45, 2.75) is 19.8 Å². The fourth-order valence-corrected chi connectivity index (χ4v) is 2.80. The van der Waals surface area contributed by atoms with Crippen LogP contribution in [0.3, 0.4) is 0 Å². The first-order chi connectivity index (χ1) is 13.3. The number of aryl methyl sites for hydroxylation is 1. The summed E-state index contributed by atoms with van der Waals surface area (Å²) in [5.41, 5.74) is 3.92. The van der Waals surface area contributed by atoms with Crippen LogP contribution in [0.1, 0.15) is 40.0 Å². The standard InChI is InChI=1S/C18H16N4O6/c1-2-3-10-21-22-16(28-10)9-6-4-8(5-7-9)11-12(17(24)25)14(19)20-15(23)13(11)18(26)27/h4-7H,2-3H2,1H3,(H,24,25)(H,26,27)(H3,19,20,23). The minimum Gasteiger partial charge on any atom is -0.478 e. The van der Waals surface area contributed by atoms with Crippen LogP contribution < -0.4 is 11.3 Å². The van der Waals surface area contributed by atoms with E-state index in [4.69, 9.17) is 10.2 Å². The molecule has 0 saturated heterocycles. The van der Waals surface area contributed by atoms with E-state index in [-0.39, 0.29) is 17.0 Å². The van der Waals surface area contributed by atoms with Crippen molar-refractivity contribution in [2.75, 3.05) is 5.73 Å². The molecule has 2 heterocycles. The molecule has 0 unspecified atom stereocenters. The van der Waals surface area contributed by atoms with Crippen LogP contribution in [0.15, 0.2) is 33.5 Å². The summed E-state index contributed by atoms with van der Waals surface area (Å²) in [6, 6.07) is 6.05. The summed E-state index contributed by atoms with van der Waals surface area (Å²) in [4.78, 5) is 37.3. The van der Waals surface area contributed by atoms with Gasteiger partial charge in [-0.1, -0.05) is 19.1 Å². The van der Waals surface area contributed by atoms with E-state index in [2.05, 4.69) is 15.2 Å². The number of carboxylic acid groups (broad SMARTS) is 2. The summed E-state index contributed by atoms with van der Waals surface area (Å²) in [7, 11) is 0. The van der Waals surface area contributed by atoms with E-state index in [0.29, 0.717) is 17.9 Å². The molecule has 3 aromatic rings. The zero-order chi connectivity index (χ0) is 20.4. The molecule has 144 valence electrons. The maximum atomic E-state index is 12.1. The smallest absolute Gasteiger partial charge is 0.342 e. The van der Waals surface area contributed by atoms with Crippen molar-refractivity contribution in [3.63, 3.8) is 0 Å². The number of H-pyrrole nitrogens is 1. The molecule has 10 nitrogen and oxygen atoms in total. The summed E-state index contributed by atoms with van der Waals surface area (Å²) >= 11 is 0. The van der Waals surface area contributed by atoms with Crippen LogP contribution in [0.5, 0.6) is 0 Å². The van der Waals surface area contributed by atoms with Gasteiger partial charge in [0.25, 0.3) is 5.56 Å². The van der Waals surface area contributed by atoms with E-state index in [1.165, 1.54) is 12.1 Å². The second-order valence-corrected chi connectivity index (χ2v) is 5.93. The molecule has 0 fully saturated rings. The zero-order valence-electron chi connectivity index (χ0n) is 14.7. The quantitative estimate of drug-likeness (QED) is 0.496. The number of hydrogen-bond donors (Lipinski definition) is 4. The third-order valence-corrected chi connectivity index (χ3v) is 4.02. The molecule has 0 saturated carbocycles. The lowest BCUT2D eigenvalue weighted by Gasteiger charge is -2.12. The van der Waals surface area contributed by atoms with Crippen molar-refractivity contribution in [3.8, 4) is 22.6 Å². The Balaban J connectivity index is 2.14. The Bertz CT molecular complexity index is 1110. The normalized spacial score (nSPS) is 10.8. The Morgan fingerprint density at radius 1 is 1.07 bits per heavy atom. The number of aromatic carboxylic acids is 2. The number of aromatic amines is 1. The predicted octanol–water partition coefficient (Wildman–Crippen LogP) is 2.02. The molecule has 0 amide bonds. The highest BCUT2D eigenvalue weighted by atomic mass is 16.4. The number of aromatic nitrogens is 3. The molecule has 0 bridgehead atoms. The summed E-state index contributed by atoms with van der Waals surface area (Å²) in [6.07, 6.45) is 1.49. The van der Waals surface area contributed by atoms with Crippen molar-refractivity contribution in [2.24, 2.45) is 0 Å². The van der Waals surface area contributed by atoms with Gasteiger partial charge in [-0.25, -0.2) is 9.59 Å². The molecule has 2 aromatic heterocycles. The second kappa shape index (κ2) is 7.35. The Kier molecular flexibility index (Phi) is 4.94. The molecular formula is C18H16N4O6. The largest absolute Gasteiger partial charge is 0.478 e. The van der Waals surface area contributed by atoms with Gasteiger partial charge in [0, 0.05) is 17.5 Å². The lowest BCUT2D eigenvalue weighted by atomic mass is 9.95. The number of rotatable bonds is 6. The minimum absolute atomic E-state index is 0.199. The number of nitrogen functional groups attached to an aromatic ring is 1. The molecule has 28 heavy (non-hydrogen) atoms. The van der Waals surface area contributed by atoms with E-state index in [9.17, 15) is 24.6 Å². The first-order valence-corrected chi connectivity index (χ1v) is 8.29. The van der Waals surface area contributed by atoms with E-state index in [0.717, 1.165) is 6.42 Å². The molecule has 3 rings (SSSR count). The molecule has 0 spiro atoms. The lowest BCUT2D eigenvalue weighted by Crippen LogP contribution is -2.24. The SMILES string of the molecule is CCCc1nnc(-c2ccc(-c3c(C(=O)O)c(N)[nH]c(=O)c3C(=O)O)cc2)o1. The molecule has 0 atom stereocenters. The highest BCUT2D eigenvalue weighted by molar-refractivity contribution is 6.07. The average Bonchev–Trinajstić information content (AvgIpc) is 3.09. The van der Waals surface area contributed by atoms with Crippen molar-refractivity contribution >= 4 is 17.8 Å². The Labute approximate surface area is 157 Å². The molecule has 0 aliphatic rings. The van der Waals surface area contributed by atoms with Crippen LogP contribution in [0.4, 0.5) is 5.82 Å². The lowest BCUT2D eigenvalue weighted by molar-refractivity contribution is 0.0695. The van der Waals surface area contributed by atoms with Gasteiger partial charge in [0.1, 0.15) is 16.9 Å². The number of benzene rings is 1. The number of nitrogens with zero attached hydrogens (tertiary/aromatic N) is 2. The number of nitrogens with two attached hydrogens (primary N) is 1. The van der Waals surface area contributed by atoms with Gasteiger partial charge in [0.2, 0.25) is 11.8 Å². The van der Waals surface area contributed by atoms with Gasteiger partial charge in [-0.3, -0.25) is 4.79 Å². The minimum atomic E-state index is -1.57. The molecule has 1 aromatic carbocycles. The highest BCUT2D eigenvalue weighted by Crippen LogP contribution is 2.30. The summed E-state index contributed by atoms with van der Waals surface area (Å²) in [6.45, 7) is 1.98. The molecule has 5 N–H and O–H groups in total. The van der Waals surface area contributed by atoms with Gasteiger partial charge in [-0.05, 0) is 24.1 Å². The first-order valence-electron chi connectivity index (χ1n) is 8.29. The molecular weight excluding hydrogens is 368 g/mol. The predicted molar refractivity (Wildman–Crippen MR) is 98.1 cm³/mol. The summed E-state index contributed by atoms with van der Waals surface area (Å²) < 4.78 is 5.53. The van der Waals surface area contributed by atoms with Gasteiger partial charge in [0.15, 0.2) is 0 Å². The van der Waals surface area contributed by atoms with E-state index in [1.54, 1.807) is 12.1 Å². The zero-order valence-corrected chi connectivity index (χ0v) is 14.7. The summed E-state index contributed by atoms with van der Waals surface area (Å²) in [5.74, 6) is -2.69. The number of pyridine rings is 1. The van der Waals surface area contributed by atoms with E-state index in [1.807, 2.05) is 6.92 Å². The van der Waals surface area contributed by atoms with Crippen LogP contribution >= 0.6 is 0 Å². The van der Waals surface area contributed by atoms with Crippen molar-refractivity contribution < 1.29 is 24.2 Å². The molecule has 0 aliphatic carbocycles. The Morgan fingerprint density at radius 2 is 1.68 bits per heavy atom. The second-order valence-electron chi connectivity index (χ2n) is 5.93. The van der Waals surface area contributed by atoms with Gasteiger partial charge >= 0.3 is 11.9 Å². The highest BCUT2D eigenvalue weighted by Gasteiger charge is 2.26. The third kappa shape index (κ3) is 3.34. The van der Waals surface area contributed by atoms with Crippen molar-refractivity contribution in [3.05, 3.63) is 51.6 Å². The van der Waals surface area contributed by atoms with Gasteiger partial charge < -0.3 is 25.3 Å². The van der Waals surface area contributed by atoms with E-state index >= 15 is 0 Å². The number of anilines is 1. The fourth-order valence-electron chi connectivity index (χ4n) is 2.80. The van der Waals surface area contributed by atoms with Crippen LogP contribution in [-0.4, -0.2) is 37.3 Å². The topological polar surface area (TPSA) is 172 Å². The number of carbonyl (C=O) groups is 2. The average molecular weight is 384 g/mol. The Morgan fingerprint density at radius 3 is 2.25 bits per heavy atom. The van der Waals surface area contributed by atoms with Crippen LogP contribution in [0, 0.1) is 0 Å². The first kappa shape index (κ1) is 18.8. The van der Waals surface area contributed by atoms with E-state index < -0.39 is 34.4 Å². The van der Waals surface area contributed by atoms with Crippen LogP contribution in [0.2, 0.25) is 0 Å². The maximum Gasteiger partial charge on any atom is 0.342 e. The molecule has 0 radical (unpaired) electrons. The van der Waals surface area contributed by atoms with Crippen molar-refractivity contribution in [1.82, 2.24) is 15.2 Å². The Hall–Kier alpha value is -3.95.